The minimum Gasteiger partial charge on any atom is -0.379 e. The molecule has 1 atom stereocenters. The van der Waals surface area contributed by atoms with Crippen LogP contribution in [-0.2, 0) is 69.6 Å². The number of halogens is 3. The number of likely N-dealkylation sites (N-methyl/N-ethyl adjacent to an activating group) is 1. The van der Waals surface area contributed by atoms with Crippen molar-refractivity contribution in [3.8, 4) is 0 Å². The SMILES string of the molecule is CN1CCN(c2ccc(C3=CC(CN4CCN(CCNC(=O)CCOCCOCCOCCOCCOCCOCCOCCOCCOCCCc5cccc6c5C(=O)N(C5CCC(=O)NC5=O)C6=O)CC4)=CCC3)cc2NC(=O)c2c[nH]c(=O)cc2C(F)(F)F)CC1. The average molecular weight is 1320 g/mol. The highest BCUT2D eigenvalue weighted by atomic mass is 19.4. The third-order valence-corrected chi connectivity index (χ3v) is 16.5. The van der Waals surface area contributed by atoms with Crippen LogP contribution in [0.5, 0.6) is 0 Å². The molecule has 0 bridgehead atoms. The number of aromatic amines is 1. The van der Waals surface area contributed by atoms with Crippen LogP contribution in [-0.4, -0.2) is 264 Å². The van der Waals surface area contributed by atoms with Crippen molar-refractivity contribution in [3.63, 3.8) is 0 Å². The molecule has 5 aliphatic rings. The molecule has 5 heterocycles. The Morgan fingerprint density at radius 3 is 1.84 bits per heavy atom. The molecule has 1 aliphatic carbocycles. The van der Waals surface area contributed by atoms with E-state index in [9.17, 15) is 46.7 Å². The molecule has 0 spiro atoms. The molecule has 516 valence electrons. The maximum absolute atomic E-state index is 13.9. The minimum atomic E-state index is -4.90. The number of fused-ring (bicyclic) bond motifs is 1. The van der Waals surface area contributed by atoms with Crippen molar-refractivity contribution in [1.82, 2.24) is 35.2 Å². The van der Waals surface area contributed by atoms with E-state index in [0.29, 0.717) is 174 Å². The Morgan fingerprint density at radius 1 is 0.660 bits per heavy atom. The van der Waals surface area contributed by atoms with E-state index in [0.717, 1.165) is 93.1 Å². The smallest absolute Gasteiger partial charge is 0.379 e. The lowest BCUT2D eigenvalue weighted by atomic mass is 9.92. The Labute approximate surface area is 545 Å². The Hall–Kier alpha value is -6.80. The monoisotopic (exact) mass is 1320 g/mol. The number of amides is 6. The van der Waals surface area contributed by atoms with Gasteiger partial charge in [0, 0.05) is 104 Å². The molecule has 3 saturated heterocycles. The predicted molar refractivity (Wildman–Crippen MR) is 341 cm³/mol. The summed E-state index contributed by atoms with van der Waals surface area (Å²) in [6.07, 6.45) is 3.49. The summed E-state index contributed by atoms with van der Waals surface area (Å²) in [7, 11) is 2.03. The molecule has 6 amide bonds. The van der Waals surface area contributed by atoms with Gasteiger partial charge in [-0.05, 0) is 79.6 Å². The van der Waals surface area contributed by atoms with Gasteiger partial charge in [0.25, 0.3) is 17.7 Å². The van der Waals surface area contributed by atoms with E-state index in [1.54, 1.807) is 18.2 Å². The van der Waals surface area contributed by atoms with Crippen LogP contribution >= 0.6 is 0 Å². The number of rotatable bonds is 41. The highest BCUT2D eigenvalue weighted by Gasteiger charge is 2.45. The van der Waals surface area contributed by atoms with Crippen molar-refractivity contribution in [2.75, 3.05) is 208 Å². The lowest BCUT2D eigenvalue weighted by Crippen LogP contribution is -2.54. The van der Waals surface area contributed by atoms with Crippen molar-refractivity contribution in [2.45, 2.75) is 57.2 Å². The van der Waals surface area contributed by atoms with Gasteiger partial charge in [0.2, 0.25) is 23.3 Å². The van der Waals surface area contributed by atoms with Crippen LogP contribution in [0.15, 0.2) is 71.2 Å². The van der Waals surface area contributed by atoms with E-state index < -0.39 is 58.4 Å². The van der Waals surface area contributed by atoms with Crippen LogP contribution in [0, 0.1) is 0 Å². The van der Waals surface area contributed by atoms with E-state index in [2.05, 4.69) is 52.7 Å². The number of carbonyl (C=O) groups is 6. The number of piperazine rings is 2. The molecular weight excluding hydrogens is 1230 g/mol. The number of anilines is 2. The second-order valence-corrected chi connectivity index (χ2v) is 23.2. The highest BCUT2D eigenvalue weighted by molar-refractivity contribution is 6.24. The van der Waals surface area contributed by atoms with E-state index in [-0.39, 0.29) is 30.7 Å². The molecule has 0 radical (unpaired) electrons. The second-order valence-electron chi connectivity index (χ2n) is 23.2. The normalized spacial score (nSPS) is 17.6. The summed E-state index contributed by atoms with van der Waals surface area (Å²) in [6, 6.07) is 10.3. The number of piperidine rings is 1. The summed E-state index contributed by atoms with van der Waals surface area (Å²) in [5.41, 5.74) is 2.63. The number of aromatic nitrogens is 1. The molecular formula is C66H90F3N9O16. The number of ether oxygens (including phenoxy) is 9. The van der Waals surface area contributed by atoms with Gasteiger partial charge >= 0.3 is 6.18 Å². The van der Waals surface area contributed by atoms with Gasteiger partial charge in [-0.1, -0.05) is 30.4 Å². The number of alkyl halides is 3. The molecule has 0 saturated carbocycles. The summed E-state index contributed by atoms with van der Waals surface area (Å²) in [5, 5.41) is 7.98. The fourth-order valence-electron chi connectivity index (χ4n) is 11.4. The molecule has 28 heteroatoms. The third kappa shape index (κ3) is 23.2. The number of carbonyl (C=O) groups excluding carboxylic acids is 6. The molecule has 1 aromatic heterocycles. The summed E-state index contributed by atoms with van der Waals surface area (Å²) < 4.78 is 92.0. The zero-order chi connectivity index (χ0) is 66.5. The first-order chi connectivity index (χ1) is 45.6. The molecule has 8 rings (SSSR count). The largest absolute Gasteiger partial charge is 0.417 e. The number of aryl methyl sites for hydroxylation is 1. The van der Waals surface area contributed by atoms with E-state index >= 15 is 0 Å². The lowest BCUT2D eigenvalue weighted by Gasteiger charge is -2.35. The Morgan fingerprint density at radius 2 is 1.24 bits per heavy atom. The molecule has 1 unspecified atom stereocenters. The molecule has 94 heavy (non-hydrogen) atoms. The van der Waals surface area contributed by atoms with Gasteiger partial charge in [-0.3, -0.25) is 53.6 Å². The van der Waals surface area contributed by atoms with Gasteiger partial charge in [-0.15, -0.1) is 0 Å². The first-order valence-corrected chi connectivity index (χ1v) is 32.5. The fraction of sp³-hybridized carbons (Fsp3) is 0.591. The van der Waals surface area contributed by atoms with Crippen molar-refractivity contribution in [3.05, 3.63) is 110 Å². The Kier molecular flexibility index (Phi) is 30.0. The van der Waals surface area contributed by atoms with E-state index in [1.165, 1.54) is 5.57 Å². The van der Waals surface area contributed by atoms with Gasteiger partial charge in [0.15, 0.2) is 0 Å². The summed E-state index contributed by atoms with van der Waals surface area (Å²) in [5.74, 6) is -3.11. The van der Waals surface area contributed by atoms with Crippen LogP contribution in [0.4, 0.5) is 24.5 Å². The Balaban J connectivity index is 0.553. The van der Waals surface area contributed by atoms with Crippen molar-refractivity contribution >= 4 is 52.4 Å². The predicted octanol–water partition coefficient (Wildman–Crippen LogP) is 3.81. The van der Waals surface area contributed by atoms with Crippen LogP contribution in [0.2, 0.25) is 0 Å². The van der Waals surface area contributed by atoms with Gasteiger partial charge in [0.1, 0.15) is 6.04 Å². The standard InChI is InChI=1S/C66H90F3N9O16/c1-74-17-23-77(24-18-74)56-11-10-51(44-55(56)72-62(82)53-46-71-60(81)45-54(53)66(67,68)69)50-7-2-5-48(43-50)47-76-21-19-75(20-22-76)16-15-70-58(79)14-26-87-28-30-89-32-34-91-36-38-93-40-42-94-41-39-92-37-35-90-33-31-88-29-27-86-25-4-8-49-6-3-9-52-61(49)65(85)78(64(52)84)57-12-13-59(80)73-63(57)83/h3,5-6,9-11,43-46,57H,2,4,7-8,12-42,47H2,1H3,(H,70,79)(H,71,81)(H,72,82)(H,73,80,83). The number of nitrogens with zero attached hydrogens (tertiary/aromatic N) is 5. The fourth-order valence-corrected chi connectivity index (χ4v) is 11.4. The second kappa shape index (κ2) is 38.7. The molecule has 3 aromatic rings. The quantitative estimate of drug-likeness (QED) is 0.0465. The molecule has 25 nitrogen and oxygen atoms in total. The molecule has 2 aromatic carbocycles. The van der Waals surface area contributed by atoms with Crippen molar-refractivity contribution in [1.29, 1.82) is 0 Å². The topological polar surface area (TPSA) is 271 Å². The van der Waals surface area contributed by atoms with Gasteiger partial charge < -0.3 is 68.0 Å². The van der Waals surface area contributed by atoms with Crippen LogP contribution < -0.4 is 26.4 Å². The van der Waals surface area contributed by atoms with Gasteiger partial charge in [0.05, 0.1) is 146 Å². The summed E-state index contributed by atoms with van der Waals surface area (Å²) in [4.78, 5) is 100. The summed E-state index contributed by atoms with van der Waals surface area (Å²) in [6.45, 7) is 15.8. The molecule has 4 N–H and O–H groups in total. The number of hydrogen-bond donors (Lipinski definition) is 4. The third-order valence-electron chi connectivity index (χ3n) is 16.5. The Bertz CT molecular complexity index is 3100. The summed E-state index contributed by atoms with van der Waals surface area (Å²) >= 11 is 0. The number of H-pyrrole nitrogens is 1. The maximum atomic E-state index is 13.9. The highest BCUT2D eigenvalue weighted by Crippen LogP contribution is 2.37. The number of benzene rings is 2. The number of pyridine rings is 1. The van der Waals surface area contributed by atoms with E-state index in [1.807, 2.05) is 25.2 Å². The lowest BCUT2D eigenvalue weighted by molar-refractivity contribution is -0.138. The molecule has 3 fully saturated rings. The molecule has 4 aliphatic heterocycles. The van der Waals surface area contributed by atoms with E-state index in [4.69, 9.17) is 42.6 Å². The first-order valence-electron chi connectivity index (χ1n) is 32.5. The van der Waals surface area contributed by atoms with Crippen molar-refractivity contribution in [2.24, 2.45) is 0 Å². The first kappa shape index (κ1) is 73.0. The number of hydrogen-bond acceptors (Lipinski definition) is 20. The average Bonchev–Trinajstić information content (AvgIpc) is 1.58. The van der Waals surface area contributed by atoms with Crippen LogP contribution in [0.25, 0.3) is 5.57 Å². The van der Waals surface area contributed by atoms with Gasteiger partial charge in [-0.25, -0.2) is 0 Å². The number of nitrogens with one attached hydrogen (secondary N) is 4. The zero-order valence-electron chi connectivity index (χ0n) is 53.7. The van der Waals surface area contributed by atoms with Crippen LogP contribution in [0.1, 0.15) is 86.3 Å². The number of imide groups is 2. The zero-order valence-corrected chi connectivity index (χ0v) is 53.7. The number of allylic oxidation sites excluding steroid dienone is 2. The van der Waals surface area contributed by atoms with Crippen molar-refractivity contribution < 1.29 is 84.6 Å². The maximum Gasteiger partial charge on any atom is 0.417 e. The van der Waals surface area contributed by atoms with Gasteiger partial charge in [-0.2, -0.15) is 13.2 Å². The minimum absolute atomic E-state index is 0.0672. The van der Waals surface area contributed by atoms with Crippen LogP contribution in [0.3, 0.4) is 0 Å².